The first-order valence-corrected chi connectivity index (χ1v) is 2.03. The van der Waals surface area contributed by atoms with Gasteiger partial charge in [-0.3, -0.25) is 0 Å². The number of nitrogens with zero attached hydrogens (tertiary/aromatic N) is 2. The molecule has 11 heavy (non-hydrogen) atoms. The Morgan fingerprint density at radius 3 is 2.09 bits per heavy atom. The molecule has 1 heterocycles. The van der Waals surface area contributed by atoms with Crippen LogP contribution in [0.5, 0.6) is 0 Å². The fourth-order valence-corrected chi connectivity index (χ4v) is 0.326. The van der Waals surface area contributed by atoms with Gasteiger partial charge in [-0.1, -0.05) is 0 Å². The van der Waals surface area contributed by atoms with E-state index in [1.807, 2.05) is 0 Å². The third-order valence-electron chi connectivity index (χ3n) is 0.672. The van der Waals surface area contributed by atoms with Crippen molar-refractivity contribution in [2.45, 2.75) is 0 Å². The Bertz CT molecular complexity index is 231. The van der Waals surface area contributed by atoms with Crippen molar-refractivity contribution >= 4 is 0 Å². The zero-order valence-electron chi connectivity index (χ0n) is 6.11. The van der Waals surface area contributed by atoms with E-state index in [1.165, 1.54) is 0 Å². The molecule has 0 amide bonds. The largest absolute Gasteiger partial charge is 1.00 e. The van der Waals surface area contributed by atoms with Crippen LogP contribution < -0.4 is 68.9 Å². The summed E-state index contributed by atoms with van der Waals surface area (Å²) in [5, 5.41) is 0. The van der Waals surface area contributed by atoms with Crippen molar-refractivity contribution in [1.29, 1.82) is 0 Å². The van der Waals surface area contributed by atoms with Crippen molar-refractivity contribution in [3.05, 3.63) is 31.5 Å². The summed E-state index contributed by atoms with van der Waals surface area (Å²) < 4.78 is 35.4. The standard InChI is InChI=1S/C4HF3N2.CH3.Cs/c5-2-1-8-4(7)9-3(2)6;;/h1H;1H3;/q;-1;+1. The van der Waals surface area contributed by atoms with Crippen molar-refractivity contribution in [1.82, 2.24) is 9.97 Å². The maximum Gasteiger partial charge on any atom is 1.00 e. The molecule has 1 aromatic rings. The van der Waals surface area contributed by atoms with Gasteiger partial charge in [0.2, 0.25) is 0 Å². The Hall–Kier alpha value is 0.922. The Morgan fingerprint density at radius 2 is 1.73 bits per heavy atom. The summed E-state index contributed by atoms with van der Waals surface area (Å²) in [6.45, 7) is 0. The molecule has 0 N–H and O–H groups in total. The molecule has 2 nitrogen and oxygen atoms in total. The fourth-order valence-electron chi connectivity index (χ4n) is 0.326. The summed E-state index contributed by atoms with van der Waals surface area (Å²) in [4.78, 5) is 5.20. The Kier molecular flexibility index (Phi) is 8.46. The van der Waals surface area contributed by atoms with Crippen LogP contribution in [0.25, 0.3) is 0 Å². The number of hydrogen-bond acceptors (Lipinski definition) is 2. The molecule has 0 bridgehead atoms. The second-order valence-corrected chi connectivity index (χ2v) is 1.28. The van der Waals surface area contributed by atoms with Crippen molar-refractivity contribution in [2.75, 3.05) is 0 Å². The van der Waals surface area contributed by atoms with E-state index in [2.05, 4.69) is 9.97 Å². The molecule has 0 saturated heterocycles. The monoisotopic (exact) mass is 282 g/mol. The summed E-state index contributed by atoms with van der Waals surface area (Å²) in [6.07, 6.45) is -0.841. The van der Waals surface area contributed by atoms with E-state index in [0.29, 0.717) is 6.20 Å². The molecule has 0 spiro atoms. The molecule has 0 radical (unpaired) electrons. The molecule has 0 saturated carbocycles. The average molecular weight is 282 g/mol. The maximum absolute atomic E-state index is 11.8. The van der Waals surface area contributed by atoms with E-state index in [0.717, 1.165) is 0 Å². The first-order chi connectivity index (χ1) is 4.20. The van der Waals surface area contributed by atoms with Crippen molar-refractivity contribution in [2.24, 2.45) is 0 Å². The van der Waals surface area contributed by atoms with E-state index in [4.69, 9.17) is 0 Å². The zero-order valence-corrected chi connectivity index (χ0v) is 12.4. The van der Waals surface area contributed by atoms with Gasteiger partial charge in [0.25, 0.3) is 5.95 Å². The van der Waals surface area contributed by atoms with Gasteiger partial charge in [0.1, 0.15) is 0 Å². The predicted molar refractivity (Wildman–Crippen MR) is 28.3 cm³/mol. The van der Waals surface area contributed by atoms with Crippen LogP contribution in [-0.4, -0.2) is 9.97 Å². The second kappa shape index (κ2) is 6.44. The van der Waals surface area contributed by atoms with E-state index >= 15 is 0 Å². The summed E-state index contributed by atoms with van der Waals surface area (Å²) in [6, 6.07) is 0. The summed E-state index contributed by atoms with van der Waals surface area (Å²) in [5.41, 5.74) is 0. The van der Waals surface area contributed by atoms with E-state index < -0.39 is 17.8 Å². The quantitative estimate of drug-likeness (QED) is 0.324. The Balaban J connectivity index is 0. The minimum atomic E-state index is -1.47. The molecule has 0 aromatic carbocycles. The number of rotatable bonds is 0. The fraction of sp³-hybridized carbons (Fsp3) is 0. The van der Waals surface area contributed by atoms with Crippen LogP contribution in [0.3, 0.4) is 0 Å². The third kappa shape index (κ3) is 4.49. The summed E-state index contributed by atoms with van der Waals surface area (Å²) in [5.74, 6) is -2.72. The van der Waals surface area contributed by atoms with Crippen LogP contribution >= 0.6 is 0 Å². The van der Waals surface area contributed by atoms with Crippen molar-refractivity contribution in [3.63, 3.8) is 0 Å². The van der Waals surface area contributed by atoms with E-state index in [9.17, 15) is 13.2 Å². The van der Waals surface area contributed by atoms with Crippen LogP contribution in [0.1, 0.15) is 0 Å². The molecular formula is C5H4CsF3N2. The summed E-state index contributed by atoms with van der Waals surface area (Å²) in [7, 11) is 0. The molecule has 0 aliphatic carbocycles. The number of hydrogen-bond donors (Lipinski definition) is 0. The molecule has 56 valence electrons. The van der Waals surface area contributed by atoms with Crippen LogP contribution in [0.15, 0.2) is 6.20 Å². The van der Waals surface area contributed by atoms with Crippen LogP contribution in [-0.2, 0) is 0 Å². The van der Waals surface area contributed by atoms with Crippen LogP contribution in [0, 0.1) is 25.3 Å². The first kappa shape index (κ1) is 14.4. The predicted octanol–water partition coefficient (Wildman–Crippen LogP) is -1.65. The average Bonchev–Trinajstić information content (AvgIpc) is 1.80. The molecule has 0 aliphatic rings. The molecular weight excluding hydrogens is 278 g/mol. The molecule has 0 aliphatic heterocycles. The first-order valence-electron chi connectivity index (χ1n) is 2.03. The molecule has 0 fully saturated rings. The van der Waals surface area contributed by atoms with Gasteiger partial charge in [0.15, 0.2) is 5.82 Å². The smallest absolute Gasteiger partial charge is 0.358 e. The molecule has 6 heteroatoms. The van der Waals surface area contributed by atoms with Crippen LogP contribution in [0.2, 0.25) is 0 Å². The van der Waals surface area contributed by atoms with Gasteiger partial charge in [0.05, 0.1) is 6.20 Å². The van der Waals surface area contributed by atoms with Crippen molar-refractivity contribution in [3.8, 4) is 0 Å². The minimum absolute atomic E-state index is 0. The molecule has 1 rings (SSSR count). The van der Waals surface area contributed by atoms with E-state index in [-0.39, 0.29) is 76.3 Å². The van der Waals surface area contributed by atoms with E-state index in [1.54, 1.807) is 0 Å². The molecule has 0 atom stereocenters. The SMILES string of the molecule is Fc1ncc(F)c(F)n1.[CH3-].[Cs+]. The van der Waals surface area contributed by atoms with Gasteiger partial charge in [-0.25, -0.2) is 9.37 Å². The van der Waals surface area contributed by atoms with Gasteiger partial charge in [-0.2, -0.15) is 13.8 Å². The summed E-state index contributed by atoms with van der Waals surface area (Å²) >= 11 is 0. The third-order valence-corrected chi connectivity index (χ3v) is 0.672. The minimum Gasteiger partial charge on any atom is -0.358 e. The zero-order chi connectivity index (χ0) is 6.85. The van der Waals surface area contributed by atoms with Gasteiger partial charge >= 0.3 is 75.0 Å². The Morgan fingerprint density at radius 1 is 1.18 bits per heavy atom. The topological polar surface area (TPSA) is 25.8 Å². The van der Waals surface area contributed by atoms with Gasteiger partial charge in [-0.05, 0) is 0 Å². The second-order valence-electron chi connectivity index (χ2n) is 1.28. The van der Waals surface area contributed by atoms with Gasteiger partial charge < -0.3 is 7.43 Å². The molecule has 1 aromatic heterocycles. The van der Waals surface area contributed by atoms with Crippen molar-refractivity contribution < 1.29 is 82.1 Å². The number of halogens is 3. The van der Waals surface area contributed by atoms with Gasteiger partial charge in [0, 0.05) is 0 Å². The normalized spacial score (nSPS) is 7.91. The Labute approximate surface area is 121 Å². The van der Waals surface area contributed by atoms with Gasteiger partial charge in [-0.15, -0.1) is 0 Å². The maximum atomic E-state index is 11.8. The molecule has 0 unspecified atom stereocenters. The van der Waals surface area contributed by atoms with Crippen LogP contribution in [0.4, 0.5) is 13.2 Å². The number of aromatic nitrogens is 2.